The lowest BCUT2D eigenvalue weighted by Crippen LogP contribution is -1.88. The maximum atomic E-state index is 10.5. The van der Waals surface area contributed by atoms with E-state index in [0.717, 1.165) is 39.8 Å². The van der Waals surface area contributed by atoms with Crippen molar-refractivity contribution >= 4 is 28.9 Å². The second-order valence-electron chi connectivity index (χ2n) is 2.71. The summed E-state index contributed by atoms with van der Waals surface area (Å²) in [5.41, 5.74) is 1.90. The lowest BCUT2D eigenvalue weighted by atomic mass is 10.1. The average Bonchev–Trinajstić information content (AvgIpc) is 2.52. The molecule has 2 nitrogen and oxygen atoms in total. The van der Waals surface area contributed by atoms with Gasteiger partial charge in [0.25, 0.3) is 0 Å². The summed E-state index contributed by atoms with van der Waals surface area (Å²) in [5, 5.41) is 0. The van der Waals surface area contributed by atoms with Gasteiger partial charge in [0.15, 0.2) is 0 Å². The summed E-state index contributed by atoms with van der Waals surface area (Å²) in [4.78, 5) is 10.5. The Morgan fingerprint density at radius 3 is 3.08 bits per heavy atom. The average molecular weight is 274 g/mol. The number of aldehydes is 1. The van der Waals surface area contributed by atoms with Crippen molar-refractivity contribution in [1.82, 2.24) is 0 Å². The normalized spacial score (nSPS) is 13.8. The molecule has 62 valence electrons. The van der Waals surface area contributed by atoms with Crippen LogP contribution in [0, 0.1) is 3.57 Å². The summed E-state index contributed by atoms with van der Waals surface area (Å²) in [6.45, 7) is 0.744. The van der Waals surface area contributed by atoms with Gasteiger partial charge in [-0.2, -0.15) is 0 Å². The molecule has 0 bridgehead atoms. The van der Waals surface area contributed by atoms with Crippen molar-refractivity contribution in [3.63, 3.8) is 0 Å². The van der Waals surface area contributed by atoms with E-state index in [1.165, 1.54) is 0 Å². The molecule has 1 aliphatic heterocycles. The summed E-state index contributed by atoms with van der Waals surface area (Å²) < 4.78 is 6.44. The molecule has 0 amide bonds. The van der Waals surface area contributed by atoms with Gasteiger partial charge in [0, 0.05) is 12.0 Å². The molecule has 12 heavy (non-hydrogen) atoms. The number of hydrogen-bond donors (Lipinski definition) is 0. The van der Waals surface area contributed by atoms with Crippen LogP contribution in [0.3, 0.4) is 0 Å². The zero-order chi connectivity index (χ0) is 8.55. The molecule has 1 aliphatic rings. The van der Waals surface area contributed by atoms with E-state index in [-0.39, 0.29) is 0 Å². The standard InChI is InChI=1S/C9H7IO2/c10-8-4-6(5-11)3-7-1-2-12-9(7)8/h3-5H,1-2H2. The Labute approximate surface area is 84.1 Å². The predicted octanol–water partition coefficient (Wildman–Crippen LogP) is 2.04. The largest absolute Gasteiger partial charge is 0.492 e. The third-order valence-corrected chi connectivity index (χ3v) is 2.70. The minimum Gasteiger partial charge on any atom is -0.492 e. The van der Waals surface area contributed by atoms with Crippen LogP contribution in [0.25, 0.3) is 0 Å². The van der Waals surface area contributed by atoms with Crippen molar-refractivity contribution in [2.45, 2.75) is 6.42 Å². The quantitative estimate of drug-likeness (QED) is 0.578. The van der Waals surface area contributed by atoms with Gasteiger partial charge in [-0.25, -0.2) is 0 Å². The second kappa shape index (κ2) is 3.05. The smallest absolute Gasteiger partial charge is 0.150 e. The summed E-state index contributed by atoms with van der Waals surface area (Å²) in [5.74, 6) is 0.959. The van der Waals surface area contributed by atoms with E-state index in [4.69, 9.17) is 4.74 Å². The second-order valence-corrected chi connectivity index (χ2v) is 3.87. The van der Waals surface area contributed by atoms with Crippen LogP contribution in [0.15, 0.2) is 12.1 Å². The molecule has 0 unspecified atom stereocenters. The molecular weight excluding hydrogens is 267 g/mol. The molecule has 0 aromatic heterocycles. The number of halogens is 1. The van der Waals surface area contributed by atoms with Crippen molar-refractivity contribution in [2.24, 2.45) is 0 Å². The number of rotatable bonds is 1. The van der Waals surface area contributed by atoms with Gasteiger partial charge in [0.1, 0.15) is 12.0 Å². The van der Waals surface area contributed by atoms with Crippen molar-refractivity contribution in [2.75, 3.05) is 6.61 Å². The van der Waals surface area contributed by atoms with Gasteiger partial charge in [-0.05, 0) is 40.3 Å². The monoisotopic (exact) mass is 274 g/mol. The van der Waals surface area contributed by atoms with Crippen LogP contribution in [0.2, 0.25) is 0 Å². The summed E-state index contributed by atoms with van der Waals surface area (Å²) in [6.07, 6.45) is 1.80. The number of benzene rings is 1. The van der Waals surface area contributed by atoms with E-state index in [9.17, 15) is 4.79 Å². The van der Waals surface area contributed by atoms with Crippen LogP contribution in [0.5, 0.6) is 5.75 Å². The Morgan fingerprint density at radius 1 is 1.50 bits per heavy atom. The van der Waals surface area contributed by atoms with E-state index in [1.807, 2.05) is 12.1 Å². The molecule has 1 heterocycles. The van der Waals surface area contributed by atoms with E-state index in [1.54, 1.807) is 0 Å². The fourth-order valence-corrected chi connectivity index (χ4v) is 2.21. The van der Waals surface area contributed by atoms with Gasteiger partial charge in [-0.15, -0.1) is 0 Å². The maximum Gasteiger partial charge on any atom is 0.150 e. The minimum absolute atomic E-state index is 0.739. The molecule has 1 aromatic carbocycles. The number of hydrogen-bond acceptors (Lipinski definition) is 2. The Balaban J connectivity index is 2.58. The van der Waals surface area contributed by atoms with Crippen LogP contribution < -0.4 is 4.74 Å². The number of carbonyl (C=O) groups excluding carboxylic acids is 1. The molecular formula is C9H7IO2. The molecule has 1 aromatic rings. The first-order valence-corrected chi connectivity index (χ1v) is 4.79. The van der Waals surface area contributed by atoms with Crippen LogP contribution in [-0.2, 0) is 6.42 Å². The fraction of sp³-hybridized carbons (Fsp3) is 0.222. The zero-order valence-corrected chi connectivity index (χ0v) is 8.50. The summed E-state index contributed by atoms with van der Waals surface area (Å²) >= 11 is 2.19. The molecule has 0 N–H and O–H groups in total. The van der Waals surface area contributed by atoms with Crippen molar-refractivity contribution in [1.29, 1.82) is 0 Å². The lowest BCUT2D eigenvalue weighted by Gasteiger charge is -2.02. The van der Waals surface area contributed by atoms with Crippen LogP contribution in [0.1, 0.15) is 15.9 Å². The molecule has 0 aliphatic carbocycles. The highest BCUT2D eigenvalue weighted by Gasteiger charge is 2.15. The zero-order valence-electron chi connectivity index (χ0n) is 6.34. The first-order chi connectivity index (χ1) is 5.81. The van der Waals surface area contributed by atoms with Gasteiger partial charge < -0.3 is 4.74 Å². The Kier molecular flexibility index (Phi) is 2.04. The van der Waals surface area contributed by atoms with Crippen LogP contribution in [0.4, 0.5) is 0 Å². The fourth-order valence-electron chi connectivity index (χ4n) is 1.35. The predicted molar refractivity (Wildman–Crippen MR) is 53.7 cm³/mol. The highest BCUT2D eigenvalue weighted by molar-refractivity contribution is 14.1. The molecule has 0 saturated carbocycles. The first kappa shape index (κ1) is 8.04. The number of ether oxygens (including phenoxy) is 1. The number of carbonyl (C=O) groups is 1. The van der Waals surface area contributed by atoms with Gasteiger partial charge in [-0.3, -0.25) is 4.79 Å². The molecule has 3 heteroatoms. The maximum absolute atomic E-state index is 10.5. The highest BCUT2D eigenvalue weighted by Crippen LogP contribution is 2.31. The lowest BCUT2D eigenvalue weighted by molar-refractivity contribution is 0.112. The molecule has 2 rings (SSSR count). The molecule has 0 saturated heterocycles. The van der Waals surface area contributed by atoms with Gasteiger partial charge in [-0.1, -0.05) is 0 Å². The van der Waals surface area contributed by atoms with E-state index >= 15 is 0 Å². The van der Waals surface area contributed by atoms with Gasteiger partial charge in [0.2, 0.25) is 0 Å². The molecule has 0 radical (unpaired) electrons. The Morgan fingerprint density at radius 2 is 2.33 bits per heavy atom. The third-order valence-electron chi connectivity index (χ3n) is 1.90. The van der Waals surface area contributed by atoms with Crippen molar-refractivity contribution < 1.29 is 9.53 Å². The van der Waals surface area contributed by atoms with Crippen molar-refractivity contribution in [3.8, 4) is 5.75 Å². The topological polar surface area (TPSA) is 26.3 Å². The third kappa shape index (κ3) is 1.22. The Hall–Kier alpha value is -0.580. The minimum atomic E-state index is 0.739. The van der Waals surface area contributed by atoms with Crippen LogP contribution >= 0.6 is 22.6 Å². The molecule has 0 fully saturated rings. The van der Waals surface area contributed by atoms with Crippen LogP contribution in [-0.4, -0.2) is 12.9 Å². The van der Waals surface area contributed by atoms with Crippen molar-refractivity contribution in [3.05, 3.63) is 26.8 Å². The number of fused-ring (bicyclic) bond motifs is 1. The van der Waals surface area contributed by atoms with Gasteiger partial charge in [0.05, 0.1) is 10.2 Å². The summed E-state index contributed by atoms with van der Waals surface area (Å²) in [6, 6.07) is 3.75. The summed E-state index contributed by atoms with van der Waals surface area (Å²) in [7, 11) is 0. The van der Waals surface area contributed by atoms with E-state index < -0.39 is 0 Å². The Bertz CT molecular complexity index is 334. The first-order valence-electron chi connectivity index (χ1n) is 3.71. The van der Waals surface area contributed by atoms with E-state index in [2.05, 4.69) is 22.6 Å². The molecule has 0 atom stereocenters. The SMILES string of the molecule is O=Cc1cc(I)c2c(c1)CCO2. The highest BCUT2D eigenvalue weighted by atomic mass is 127. The van der Waals surface area contributed by atoms with E-state index in [0.29, 0.717) is 0 Å². The van der Waals surface area contributed by atoms with Gasteiger partial charge >= 0.3 is 0 Å². The molecule has 0 spiro atoms.